The van der Waals surface area contributed by atoms with Crippen LogP contribution in [0.5, 0.6) is 0 Å². The van der Waals surface area contributed by atoms with Crippen LogP contribution in [0.15, 0.2) is 40.9 Å². The third kappa shape index (κ3) is 2.74. The van der Waals surface area contributed by atoms with E-state index in [9.17, 15) is 0 Å². The average Bonchev–Trinajstić information content (AvgIpc) is 2.89. The van der Waals surface area contributed by atoms with Crippen molar-refractivity contribution in [2.24, 2.45) is 0 Å². The molecule has 6 nitrogen and oxygen atoms in total. The number of pyridine rings is 1. The molecule has 3 aromatic rings. The molecule has 3 aromatic heterocycles. The number of halogens is 1. The molecule has 0 saturated carbocycles. The third-order valence-corrected chi connectivity index (χ3v) is 2.58. The van der Waals surface area contributed by atoms with Crippen molar-refractivity contribution in [1.29, 1.82) is 0 Å². The second-order valence-corrected chi connectivity index (χ2v) is 4.13. The zero-order chi connectivity index (χ0) is 13.1. The Hall–Kier alpha value is -2.34. The molecule has 0 fully saturated rings. The minimum atomic E-state index is 0.315. The van der Waals surface area contributed by atoms with Crippen LogP contribution in [0.1, 0.15) is 11.6 Å². The first kappa shape index (κ1) is 11.7. The molecule has 0 amide bonds. The topological polar surface area (TPSA) is 77.6 Å². The molecule has 0 N–H and O–H groups in total. The Bertz CT molecular complexity index is 668. The molecule has 0 aromatic carbocycles. The first-order chi connectivity index (χ1) is 9.31. The van der Waals surface area contributed by atoms with Crippen LogP contribution in [0.2, 0.25) is 5.15 Å². The van der Waals surface area contributed by atoms with Crippen molar-refractivity contribution in [2.75, 3.05) is 0 Å². The summed E-state index contributed by atoms with van der Waals surface area (Å²) in [4.78, 5) is 4.19. The van der Waals surface area contributed by atoms with E-state index < -0.39 is 0 Å². The van der Waals surface area contributed by atoms with Crippen molar-refractivity contribution < 1.29 is 4.42 Å². The largest absolute Gasteiger partial charge is 0.419 e. The van der Waals surface area contributed by atoms with Crippen LogP contribution in [0.25, 0.3) is 11.6 Å². The van der Waals surface area contributed by atoms with Gasteiger partial charge < -0.3 is 4.42 Å². The van der Waals surface area contributed by atoms with E-state index in [-0.39, 0.29) is 0 Å². The highest BCUT2D eigenvalue weighted by Crippen LogP contribution is 2.16. The van der Waals surface area contributed by atoms with E-state index in [2.05, 4.69) is 25.4 Å². The van der Waals surface area contributed by atoms with Crippen molar-refractivity contribution in [1.82, 2.24) is 25.4 Å². The summed E-state index contributed by atoms with van der Waals surface area (Å²) in [6.07, 6.45) is 2.20. The summed E-state index contributed by atoms with van der Waals surface area (Å²) in [7, 11) is 0. The normalized spacial score (nSPS) is 10.6. The van der Waals surface area contributed by atoms with E-state index in [4.69, 9.17) is 16.0 Å². The van der Waals surface area contributed by atoms with Gasteiger partial charge in [0.05, 0.1) is 6.42 Å². The fourth-order valence-corrected chi connectivity index (χ4v) is 1.62. The van der Waals surface area contributed by atoms with Gasteiger partial charge in [-0.25, -0.2) is 0 Å². The highest BCUT2D eigenvalue weighted by Gasteiger charge is 2.11. The number of nitrogens with zero attached hydrogens (tertiary/aromatic N) is 5. The number of aromatic nitrogens is 5. The second-order valence-electron chi connectivity index (χ2n) is 3.74. The van der Waals surface area contributed by atoms with Gasteiger partial charge in [0.1, 0.15) is 5.69 Å². The molecule has 0 spiro atoms. The second kappa shape index (κ2) is 5.11. The molecular formula is C12H8ClN5O. The van der Waals surface area contributed by atoms with E-state index >= 15 is 0 Å². The smallest absolute Gasteiger partial charge is 0.268 e. The Morgan fingerprint density at radius 1 is 1.00 bits per heavy atom. The van der Waals surface area contributed by atoms with Crippen LogP contribution < -0.4 is 0 Å². The minimum Gasteiger partial charge on any atom is -0.419 e. The Morgan fingerprint density at radius 2 is 1.95 bits per heavy atom. The van der Waals surface area contributed by atoms with Crippen molar-refractivity contribution in [3.8, 4) is 11.6 Å². The number of hydrogen-bond donors (Lipinski definition) is 0. The predicted molar refractivity (Wildman–Crippen MR) is 67.4 cm³/mol. The fourth-order valence-electron chi connectivity index (χ4n) is 1.52. The highest BCUT2D eigenvalue weighted by atomic mass is 35.5. The van der Waals surface area contributed by atoms with E-state index in [0.717, 1.165) is 5.69 Å². The molecular weight excluding hydrogens is 266 g/mol. The monoisotopic (exact) mass is 273 g/mol. The quantitative estimate of drug-likeness (QED) is 0.728. The Labute approximate surface area is 113 Å². The van der Waals surface area contributed by atoms with Crippen molar-refractivity contribution in [2.45, 2.75) is 6.42 Å². The molecule has 0 bridgehead atoms. The predicted octanol–water partition coefficient (Wildman–Crippen LogP) is 2.17. The maximum Gasteiger partial charge on any atom is 0.268 e. The molecule has 0 saturated heterocycles. The molecule has 19 heavy (non-hydrogen) atoms. The van der Waals surface area contributed by atoms with Crippen LogP contribution in [-0.2, 0) is 6.42 Å². The van der Waals surface area contributed by atoms with Gasteiger partial charge in [-0.15, -0.1) is 20.4 Å². The summed E-state index contributed by atoms with van der Waals surface area (Å²) >= 11 is 5.66. The Kier molecular flexibility index (Phi) is 3.16. The molecule has 0 unspecified atom stereocenters. The zero-order valence-corrected chi connectivity index (χ0v) is 10.4. The lowest BCUT2D eigenvalue weighted by atomic mass is 10.3. The molecule has 0 atom stereocenters. The summed E-state index contributed by atoms with van der Waals surface area (Å²) < 4.78 is 5.51. The van der Waals surface area contributed by atoms with Crippen LogP contribution in [0.3, 0.4) is 0 Å². The van der Waals surface area contributed by atoms with E-state index in [0.29, 0.717) is 29.0 Å². The molecule has 3 heterocycles. The fraction of sp³-hybridized carbons (Fsp3) is 0.0833. The van der Waals surface area contributed by atoms with E-state index in [1.54, 1.807) is 18.3 Å². The van der Waals surface area contributed by atoms with E-state index in [1.165, 1.54) is 0 Å². The lowest BCUT2D eigenvalue weighted by Gasteiger charge is -1.94. The lowest BCUT2D eigenvalue weighted by molar-refractivity contribution is 0.514. The molecule has 0 aliphatic carbocycles. The van der Waals surface area contributed by atoms with Crippen LogP contribution in [0.4, 0.5) is 0 Å². The number of rotatable bonds is 3. The third-order valence-electron chi connectivity index (χ3n) is 2.38. The standard InChI is InChI=1S/C12H8ClN5O/c13-10-5-4-9(15-16-10)12-18-17-11(19-12)7-8-3-1-2-6-14-8/h1-6H,7H2. The van der Waals surface area contributed by atoms with Crippen LogP contribution >= 0.6 is 11.6 Å². The summed E-state index contributed by atoms with van der Waals surface area (Å²) in [5.41, 5.74) is 1.35. The van der Waals surface area contributed by atoms with Gasteiger partial charge >= 0.3 is 0 Å². The van der Waals surface area contributed by atoms with Gasteiger partial charge in [-0.3, -0.25) is 4.98 Å². The summed E-state index contributed by atoms with van der Waals surface area (Å²) in [5.74, 6) is 0.792. The first-order valence-corrected chi connectivity index (χ1v) is 5.91. The molecule has 94 valence electrons. The van der Waals surface area contributed by atoms with Gasteiger partial charge in [0.15, 0.2) is 5.15 Å². The average molecular weight is 274 g/mol. The first-order valence-electron chi connectivity index (χ1n) is 5.53. The van der Waals surface area contributed by atoms with Gasteiger partial charge in [0.25, 0.3) is 5.89 Å². The van der Waals surface area contributed by atoms with Gasteiger partial charge in [-0.2, -0.15) is 0 Å². The molecule has 0 radical (unpaired) electrons. The van der Waals surface area contributed by atoms with Crippen molar-refractivity contribution in [3.05, 3.63) is 53.3 Å². The Balaban J connectivity index is 1.82. The summed E-state index contributed by atoms with van der Waals surface area (Å²) in [6, 6.07) is 8.95. The minimum absolute atomic E-state index is 0.315. The summed E-state index contributed by atoms with van der Waals surface area (Å²) in [6.45, 7) is 0. The zero-order valence-electron chi connectivity index (χ0n) is 9.69. The van der Waals surface area contributed by atoms with Gasteiger partial charge in [0, 0.05) is 11.9 Å². The molecule has 0 aliphatic rings. The lowest BCUT2D eigenvalue weighted by Crippen LogP contribution is -1.90. The van der Waals surface area contributed by atoms with Gasteiger partial charge in [0.2, 0.25) is 5.89 Å². The maximum absolute atomic E-state index is 5.66. The molecule has 3 rings (SSSR count). The molecule has 0 aliphatic heterocycles. The van der Waals surface area contributed by atoms with E-state index in [1.807, 2.05) is 18.2 Å². The van der Waals surface area contributed by atoms with Crippen LogP contribution in [0, 0.1) is 0 Å². The Morgan fingerprint density at radius 3 is 2.68 bits per heavy atom. The van der Waals surface area contributed by atoms with Crippen LogP contribution in [-0.4, -0.2) is 25.4 Å². The van der Waals surface area contributed by atoms with Crippen molar-refractivity contribution in [3.63, 3.8) is 0 Å². The highest BCUT2D eigenvalue weighted by molar-refractivity contribution is 6.29. The SMILES string of the molecule is Clc1ccc(-c2nnc(Cc3ccccn3)o2)nn1. The van der Waals surface area contributed by atoms with Gasteiger partial charge in [-0.1, -0.05) is 17.7 Å². The number of hydrogen-bond acceptors (Lipinski definition) is 6. The maximum atomic E-state index is 5.66. The van der Waals surface area contributed by atoms with Gasteiger partial charge in [-0.05, 0) is 24.3 Å². The molecule has 7 heteroatoms. The summed E-state index contributed by atoms with van der Waals surface area (Å²) in [5, 5.41) is 15.8. The van der Waals surface area contributed by atoms with Crippen molar-refractivity contribution >= 4 is 11.6 Å².